The van der Waals surface area contributed by atoms with Gasteiger partial charge < -0.3 is 11.1 Å². The molecule has 18 heavy (non-hydrogen) atoms. The summed E-state index contributed by atoms with van der Waals surface area (Å²) >= 11 is 0. The zero-order valence-corrected chi connectivity index (χ0v) is 9.96. The van der Waals surface area contributed by atoms with Crippen molar-refractivity contribution in [2.75, 3.05) is 5.32 Å². The van der Waals surface area contributed by atoms with Crippen molar-refractivity contribution in [2.45, 2.75) is 31.7 Å². The van der Waals surface area contributed by atoms with Crippen LogP contribution in [-0.4, -0.2) is 11.9 Å². The van der Waals surface area contributed by atoms with Gasteiger partial charge in [-0.15, -0.1) is 0 Å². The van der Waals surface area contributed by atoms with Crippen molar-refractivity contribution in [1.82, 2.24) is 0 Å². The molecule has 1 amide bonds. The lowest BCUT2D eigenvalue weighted by molar-refractivity contribution is -0.120. The first-order valence-electron chi connectivity index (χ1n) is 6.08. The van der Waals surface area contributed by atoms with Gasteiger partial charge in [0, 0.05) is 18.0 Å². The van der Waals surface area contributed by atoms with E-state index in [1.807, 2.05) is 0 Å². The van der Waals surface area contributed by atoms with E-state index in [4.69, 9.17) is 5.73 Å². The summed E-state index contributed by atoms with van der Waals surface area (Å²) in [5, 5.41) is 2.50. The lowest BCUT2D eigenvalue weighted by Gasteiger charge is -2.25. The van der Waals surface area contributed by atoms with Gasteiger partial charge in [-0.3, -0.25) is 4.79 Å². The van der Waals surface area contributed by atoms with Crippen molar-refractivity contribution in [2.24, 2.45) is 11.7 Å². The number of amides is 1. The molecule has 1 aliphatic rings. The predicted molar refractivity (Wildman–Crippen MR) is 64.9 cm³/mol. The average molecular weight is 254 g/mol. The Balaban J connectivity index is 1.98. The molecule has 3 nitrogen and oxygen atoms in total. The van der Waals surface area contributed by atoms with Gasteiger partial charge in [0.05, 0.1) is 5.69 Å². The minimum atomic E-state index is -0.754. The summed E-state index contributed by atoms with van der Waals surface area (Å²) < 4.78 is 26.1. The van der Waals surface area contributed by atoms with Crippen LogP contribution in [0.4, 0.5) is 14.5 Å². The second-order valence-electron chi connectivity index (χ2n) is 4.73. The fraction of sp³-hybridized carbons (Fsp3) is 0.462. The van der Waals surface area contributed by atoms with Crippen LogP contribution in [-0.2, 0) is 4.79 Å². The molecule has 3 N–H and O–H groups in total. The van der Waals surface area contributed by atoms with Crippen molar-refractivity contribution >= 4 is 11.6 Å². The smallest absolute Gasteiger partial charge is 0.227 e. The minimum absolute atomic E-state index is 0.0243. The van der Waals surface area contributed by atoms with Crippen LogP contribution in [0.1, 0.15) is 25.7 Å². The van der Waals surface area contributed by atoms with Gasteiger partial charge in [0.2, 0.25) is 5.91 Å². The second kappa shape index (κ2) is 5.44. The van der Waals surface area contributed by atoms with Crippen molar-refractivity contribution < 1.29 is 13.6 Å². The minimum Gasteiger partial charge on any atom is -0.328 e. The molecule has 0 atom stereocenters. The van der Waals surface area contributed by atoms with Gasteiger partial charge in [0.25, 0.3) is 0 Å². The number of nitrogens with two attached hydrogens (primary N) is 1. The zero-order chi connectivity index (χ0) is 13.1. The molecule has 0 unspecified atom stereocenters. The van der Waals surface area contributed by atoms with Crippen LogP contribution in [0.3, 0.4) is 0 Å². The van der Waals surface area contributed by atoms with E-state index < -0.39 is 11.6 Å². The van der Waals surface area contributed by atoms with Crippen LogP contribution in [0, 0.1) is 17.6 Å². The summed E-state index contributed by atoms with van der Waals surface area (Å²) in [6.45, 7) is 0. The number of nitrogens with one attached hydrogen (secondary N) is 1. The van der Waals surface area contributed by atoms with Gasteiger partial charge in [-0.05, 0) is 37.8 Å². The summed E-state index contributed by atoms with van der Waals surface area (Å²) in [6, 6.07) is 3.27. The maximum absolute atomic E-state index is 13.4. The Morgan fingerprint density at radius 2 is 1.89 bits per heavy atom. The number of anilines is 1. The van der Waals surface area contributed by atoms with E-state index in [1.54, 1.807) is 0 Å². The molecule has 1 fully saturated rings. The van der Waals surface area contributed by atoms with E-state index in [9.17, 15) is 13.6 Å². The fourth-order valence-electron chi connectivity index (χ4n) is 2.21. The Morgan fingerprint density at radius 1 is 1.22 bits per heavy atom. The number of halogens is 2. The van der Waals surface area contributed by atoms with Crippen LogP contribution >= 0.6 is 0 Å². The third kappa shape index (κ3) is 3.04. The molecule has 98 valence electrons. The normalized spacial score (nSPS) is 23.7. The second-order valence-corrected chi connectivity index (χ2v) is 4.73. The maximum Gasteiger partial charge on any atom is 0.227 e. The van der Waals surface area contributed by atoms with E-state index >= 15 is 0 Å². The van der Waals surface area contributed by atoms with Gasteiger partial charge in [-0.1, -0.05) is 0 Å². The third-order valence-corrected chi connectivity index (χ3v) is 3.33. The predicted octanol–water partition coefficient (Wildman–Crippen LogP) is 2.42. The molecule has 0 bridgehead atoms. The molecule has 1 aromatic carbocycles. The van der Waals surface area contributed by atoms with Gasteiger partial charge in [0.1, 0.15) is 11.6 Å². The van der Waals surface area contributed by atoms with Crippen molar-refractivity contribution in [3.8, 4) is 0 Å². The number of carbonyl (C=O) groups is 1. The van der Waals surface area contributed by atoms with E-state index in [2.05, 4.69) is 5.32 Å². The number of benzene rings is 1. The van der Waals surface area contributed by atoms with Crippen LogP contribution in [0.25, 0.3) is 0 Å². The molecule has 1 aromatic rings. The molecule has 0 aromatic heterocycles. The van der Waals surface area contributed by atoms with Crippen molar-refractivity contribution in [1.29, 1.82) is 0 Å². The summed E-state index contributed by atoms with van der Waals surface area (Å²) in [5.74, 6) is -1.76. The van der Waals surface area contributed by atoms with Crippen LogP contribution in [0.2, 0.25) is 0 Å². The Bertz CT molecular complexity index is 443. The highest BCUT2D eigenvalue weighted by atomic mass is 19.1. The quantitative estimate of drug-likeness (QED) is 0.851. The van der Waals surface area contributed by atoms with Gasteiger partial charge in [0.15, 0.2) is 0 Å². The Morgan fingerprint density at radius 3 is 2.50 bits per heavy atom. The van der Waals surface area contributed by atoms with E-state index in [0.717, 1.165) is 37.8 Å². The Labute approximate surface area is 104 Å². The Kier molecular flexibility index (Phi) is 3.91. The molecule has 5 heteroatoms. The SMILES string of the molecule is NC1CCC(C(=O)Nc2ccc(F)cc2F)CC1. The van der Waals surface area contributed by atoms with Crippen LogP contribution in [0.15, 0.2) is 18.2 Å². The standard InChI is InChI=1S/C13H16F2N2O/c14-9-3-6-12(11(15)7-9)17-13(18)8-1-4-10(16)5-2-8/h3,6-8,10H,1-2,4-5,16H2,(H,17,18). The molecule has 0 aliphatic heterocycles. The molecular weight excluding hydrogens is 238 g/mol. The lowest BCUT2D eigenvalue weighted by Crippen LogP contribution is -2.32. The van der Waals surface area contributed by atoms with Gasteiger partial charge in [-0.2, -0.15) is 0 Å². The maximum atomic E-state index is 13.4. The summed E-state index contributed by atoms with van der Waals surface area (Å²) in [4.78, 5) is 11.9. The van der Waals surface area contributed by atoms with Crippen molar-refractivity contribution in [3.63, 3.8) is 0 Å². The monoisotopic (exact) mass is 254 g/mol. The number of carbonyl (C=O) groups excluding carboxylic acids is 1. The highest BCUT2D eigenvalue weighted by Gasteiger charge is 2.25. The fourth-order valence-corrected chi connectivity index (χ4v) is 2.21. The highest BCUT2D eigenvalue weighted by Crippen LogP contribution is 2.25. The highest BCUT2D eigenvalue weighted by molar-refractivity contribution is 5.92. The number of rotatable bonds is 2. The van der Waals surface area contributed by atoms with Crippen molar-refractivity contribution in [3.05, 3.63) is 29.8 Å². The summed E-state index contributed by atoms with van der Waals surface area (Å²) in [6.07, 6.45) is 3.06. The topological polar surface area (TPSA) is 55.1 Å². The Hall–Kier alpha value is -1.49. The largest absolute Gasteiger partial charge is 0.328 e. The van der Waals surface area contributed by atoms with E-state index in [-0.39, 0.29) is 23.6 Å². The molecule has 1 aliphatic carbocycles. The first-order chi connectivity index (χ1) is 8.56. The first kappa shape index (κ1) is 13.0. The third-order valence-electron chi connectivity index (χ3n) is 3.33. The van der Waals surface area contributed by atoms with Gasteiger partial charge >= 0.3 is 0 Å². The zero-order valence-electron chi connectivity index (χ0n) is 9.96. The lowest BCUT2D eigenvalue weighted by atomic mass is 9.86. The van der Waals surface area contributed by atoms with Gasteiger partial charge in [-0.25, -0.2) is 8.78 Å². The molecule has 0 saturated heterocycles. The van der Waals surface area contributed by atoms with Crippen LogP contribution in [0.5, 0.6) is 0 Å². The molecule has 0 radical (unpaired) electrons. The van der Waals surface area contributed by atoms with E-state index in [0.29, 0.717) is 0 Å². The first-order valence-corrected chi connectivity index (χ1v) is 6.08. The molecule has 0 spiro atoms. The average Bonchev–Trinajstić information content (AvgIpc) is 2.33. The molecule has 2 rings (SSSR count). The van der Waals surface area contributed by atoms with Crippen LogP contribution < -0.4 is 11.1 Å². The summed E-state index contributed by atoms with van der Waals surface area (Å²) in [7, 11) is 0. The summed E-state index contributed by atoms with van der Waals surface area (Å²) in [5.41, 5.74) is 5.78. The number of hydrogen-bond donors (Lipinski definition) is 2. The number of hydrogen-bond acceptors (Lipinski definition) is 2. The molecule has 1 saturated carbocycles. The molecule has 0 heterocycles. The van der Waals surface area contributed by atoms with E-state index in [1.165, 1.54) is 6.07 Å². The molecular formula is C13H16F2N2O.